The molecular weight excluding hydrogens is 715 g/mol. The smallest absolute Gasteiger partial charge is 0.387 e. The Balaban J connectivity index is 1.21. The number of carbonyl (C=O) groups is 1. The zero-order valence-corrected chi connectivity index (χ0v) is 26.6. The standard InChI is InChI=1S/C21H28N7O17P3/c22-17-12-19(25-7-24-17)28(8-26-12)21-16(44-46(33,34)35)14(30)11(43-21)6-41-48(38,39)45-47(36,37)40-5-10-13(29)15(31)20(42-10)27-3-1-2-9(4-27)18(23)32/h1-4,7-8,10-11,13-16,20-21,29-31H,5-6H2,(H7-,22,23,24,25,32,33,34,35,36,37,38,39)/p+1/t10-,11-,13+,14+,15?,16?,20-,21-/m1/s1. The average molecular weight is 744 g/mol. The van der Waals surface area contributed by atoms with E-state index in [0.29, 0.717) is 0 Å². The van der Waals surface area contributed by atoms with Crippen molar-refractivity contribution in [3.8, 4) is 0 Å². The number of ether oxygens (including phenoxy) is 2. The number of phosphoric acid groups is 3. The molecule has 1 amide bonds. The number of fused-ring (bicyclic) bond motifs is 1. The van der Waals surface area contributed by atoms with E-state index in [1.54, 1.807) is 0 Å². The summed E-state index contributed by atoms with van der Waals surface area (Å²) in [5, 5.41) is 31.5. The van der Waals surface area contributed by atoms with Crippen LogP contribution in [0.4, 0.5) is 5.82 Å². The van der Waals surface area contributed by atoms with Gasteiger partial charge in [0.1, 0.15) is 47.9 Å². The minimum atomic E-state index is -5.52. The average Bonchev–Trinajstić information content (AvgIpc) is 3.64. The zero-order valence-electron chi connectivity index (χ0n) is 23.9. The van der Waals surface area contributed by atoms with Crippen LogP contribution in [0.3, 0.4) is 0 Å². The number of aliphatic hydroxyl groups is 3. The predicted octanol–water partition coefficient (Wildman–Crippen LogP) is -2.90. The first-order valence-corrected chi connectivity index (χ1v) is 17.9. The first-order valence-electron chi connectivity index (χ1n) is 13.3. The molecule has 0 bridgehead atoms. The maximum absolute atomic E-state index is 12.6. The maximum Gasteiger partial charge on any atom is 0.481 e. The summed E-state index contributed by atoms with van der Waals surface area (Å²) < 4.78 is 68.4. The molecule has 11 N–H and O–H groups in total. The Morgan fingerprint density at radius 3 is 2.23 bits per heavy atom. The number of rotatable bonds is 13. The Morgan fingerprint density at radius 2 is 1.60 bits per heavy atom. The third kappa shape index (κ3) is 8.12. The van der Waals surface area contributed by atoms with Crippen LogP contribution in [0.15, 0.2) is 37.2 Å². The van der Waals surface area contributed by atoms with Crippen LogP contribution < -0.4 is 16.0 Å². The largest absolute Gasteiger partial charge is 0.481 e. The number of aliphatic hydroxyl groups excluding tert-OH is 3. The first-order chi connectivity index (χ1) is 22.4. The fraction of sp³-hybridized carbons (Fsp3) is 0.476. The molecule has 0 aromatic carbocycles. The SMILES string of the molecule is NC(=O)c1ccc[n+]([C@@H]2O[C@H](COP(=O)(O)OP(=O)(O)OC[C@H]3O[C@@H](n4cnc5c(N)ncnc54)C(OP(=O)(O)O)[C@H]3O)[C@H](O)C2O)c1. The van der Waals surface area contributed by atoms with Gasteiger partial charge in [-0.3, -0.25) is 22.9 Å². The third-order valence-electron chi connectivity index (χ3n) is 6.98. The lowest BCUT2D eigenvalue weighted by atomic mass is 10.1. The summed E-state index contributed by atoms with van der Waals surface area (Å²) in [7, 11) is -16.3. The number of aromatic nitrogens is 5. The lowest BCUT2D eigenvalue weighted by molar-refractivity contribution is -0.765. The van der Waals surface area contributed by atoms with Gasteiger partial charge in [0.25, 0.3) is 12.1 Å². The maximum atomic E-state index is 12.6. The number of amides is 1. The van der Waals surface area contributed by atoms with Gasteiger partial charge in [-0.2, -0.15) is 8.88 Å². The summed E-state index contributed by atoms with van der Waals surface area (Å²) >= 11 is 0. The second-order valence-corrected chi connectivity index (χ2v) is 14.5. The molecule has 48 heavy (non-hydrogen) atoms. The van der Waals surface area contributed by atoms with Gasteiger partial charge in [0.15, 0.2) is 36.2 Å². The number of anilines is 1. The molecule has 2 aliphatic heterocycles. The molecule has 5 heterocycles. The minimum Gasteiger partial charge on any atom is -0.387 e. The molecular formula is C21H29N7O17P3+. The predicted molar refractivity (Wildman–Crippen MR) is 150 cm³/mol. The van der Waals surface area contributed by atoms with Crippen LogP contribution in [-0.2, 0) is 41.1 Å². The number of imidazole rings is 1. The van der Waals surface area contributed by atoms with Crippen molar-refractivity contribution in [2.75, 3.05) is 18.9 Å². The molecule has 4 unspecified atom stereocenters. The molecule has 264 valence electrons. The highest BCUT2D eigenvalue weighted by Gasteiger charge is 2.51. The Hall–Kier alpha value is -2.86. The number of pyridine rings is 1. The second kappa shape index (κ2) is 13.8. The van der Waals surface area contributed by atoms with Crippen molar-refractivity contribution in [2.24, 2.45) is 5.73 Å². The molecule has 0 saturated carbocycles. The summed E-state index contributed by atoms with van der Waals surface area (Å²) in [5.74, 6) is -0.848. The fourth-order valence-electron chi connectivity index (χ4n) is 4.83. The van der Waals surface area contributed by atoms with Gasteiger partial charge < -0.3 is 55.8 Å². The van der Waals surface area contributed by atoms with Gasteiger partial charge in [0.2, 0.25) is 0 Å². The molecule has 3 aromatic heterocycles. The van der Waals surface area contributed by atoms with Crippen LogP contribution in [0.1, 0.15) is 22.8 Å². The highest BCUT2D eigenvalue weighted by molar-refractivity contribution is 7.61. The van der Waals surface area contributed by atoms with Crippen LogP contribution in [-0.4, -0.2) is 110 Å². The second-order valence-electron chi connectivity index (χ2n) is 10.3. The van der Waals surface area contributed by atoms with Crippen LogP contribution in [0.25, 0.3) is 11.2 Å². The zero-order chi connectivity index (χ0) is 35.2. The summed E-state index contributed by atoms with van der Waals surface area (Å²) in [4.78, 5) is 62.2. The number of primary amides is 1. The number of hydrogen-bond acceptors (Lipinski definition) is 17. The van der Waals surface area contributed by atoms with Crippen LogP contribution in [0.5, 0.6) is 0 Å². The van der Waals surface area contributed by atoms with E-state index >= 15 is 0 Å². The van der Waals surface area contributed by atoms with Gasteiger partial charge in [-0.25, -0.2) is 28.6 Å². The van der Waals surface area contributed by atoms with E-state index in [2.05, 4.69) is 23.8 Å². The summed E-state index contributed by atoms with van der Waals surface area (Å²) in [6, 6.07) is 2.79. The number of carbonyl (C=O) groups excluding carboxylic acids is 1. The van der Waals surface area contributed by atoms with E-state index in [0.717, 1.165) is 17.2 Å². The lowest BCUT2D eigenvalue weighted by Gasteiger charge is -2.22. The highest BCUT2D eigenvalue weighted by atomic mass is 31.3. The normalized spacial score (nSPS) is 30.3. The first kappa shape index (κ1) is 36.4. The summed E-state index contributed by atoms with van der Waals surface area (Å²) in [6.45, 7) is -2.03. The molecule has 24 nitrogen and oxygen atoms in total. The monoisotopic (exact) mass is 744 g/mol. The lowest BCUT2D eigenvalue weighted by Crippen LogP contribution is -2.46. The molecule has 10 atom stereocenters. The van der Waals surface area contributed by atoms with E-state index < -0.39 is 91.7 Å². The van der Waals surface area contributed by atoms with Crippen LogP contribution in [0, 0.1) is 0 Å². The Kier molecular flexibility index (Phi) is 10.5. The van der Waals surface area contributed by atoms with Gasteiger partial charge in [0.05, 0.1) is 19.5 Å². The number of hydrogen-bond donors (Lipinski definition) is 9. The highest BCUT2D eigenvalue weighted by Crippen LogP contribution is 2.61. The Bertz CT molecular complexity index is 1810. The number of nitrogens with zero attached hydrogens (tertiary/aromatic N) is 5. The van der Waals surface area contributed by atoms with Crippen molar-refractivity contribution in [1.82, 2.24) is 19.5 Å². The van der Waals surface area contributed by atoms with Gasteiger partial charge in [-0.15, -0.1) is 0 Å². The van der Waals surface area contributed by atoms with Gasteiger partial charge >= 0.3 is 23.5 Å². The Morgan fingerprint density at radius 1 is 0.958 bits per heavy atom. The van der Waals surface area contributed by atoms with Gasteiger partial charge in [-0.05, 0) is 6.07 Å². The van der Waals surface area contributed by atoms with Crippen molar-refractivity contribution in [1.29, 1.82) is 0 Å². The molecule has 2 saturated heterocycles. The van der Waals surface area contributed by atoms with E-state index in [4.69, 9.17) is 30.0 Å². The van der Waals surface area contributed by atoms with Crippen molar-refractivity contribution in [3.05, 3.63) is 42.7 Å². The molecule has 0 aliphatic carbocycles. The number of nitrogens with two attached hydrogens (primary N) is 2. The molecule has 5 rings (SSSR count). The quantitative estimate of drug-likeness (QED) is 0.0626. The van der Waals surface area contributed by atoms with Crippen molar-refractivity contribution >= 4 is 46.4 Å². The van der Waals surface area contributed by atoms with Gasteiger partial charge in [-0.1, -0.05) is 0 Å². The van der Waals surface area contributed by atoms with Crippen LogP contribution >= 0.6 is 23.5 Å². The third-order valence-corrected chi connectivity index (χ3v) is 10.1. The number of phosphoric ester groups is 3. The fourth-order valence-corrected chi connectivity index (χ4v) is 7.47. The number of nitrogen functional groups attached to an aromatic ring is 1. The van der Waals surface area contributed by atoms with E-state index in [-0.39, 0.29) is 22.5 Å². The molecule has 27 heteroatoms. The topological polar surface area (TPSA) is 365 Å². The van der Waals surface area contributed by atoms with Crippen molar-refractivity contribution in [2.45, 2.75) is 49.1 Å². The van der Waals surface area contributed by atoms with Crippen molar-refractivity contribution < 1.29 is 85.3 Å². The van der Waals surface area contributed by atoms with E-state index in [1.807, 2.05) is 0 Å². The minimum absolute atomic E-state index is 0.00286. The summed E-state index contributed by atoms with van der Waals surface area (Å²) in [6.07, 6.45) is -8.39. The molecule has 0 radical (unpaired) electrons. The summed E-state index contributed by atoms with van der Waals surface area (Å²) in [5.41, 5.74) is 11.1. The van der Waals surface area contributed by atoms with E-state index in [1.165, 1.54) is 29.1 Å². The Labute approximate surface area is 267 Å². The van der Waals surface area contributed by atoms with Crippen LogP contribution in [0.2, 0.25) is 0 Å². The van der Waals surface area contributed by atoms with Crippen molar-refractivity contribution in [3.63, 3.8) is 0 Å². The van der Waals surface area contributed by atoms with E-state index in [9.17, 15) is 53.4 Å². The molecule has 3 aromatic rings. The molecule has 0 spiro atoms. The molecule has 2 fully saturated rings. The van der Waals surface area contributed by atoms with Gasteiger partial charge in [0, 0.05) is 6.07 Å². The molecule has 2 aliphatic rings.